The number of hydrogen-bond acceptors (Lipinski definition) is 4. The standard InChI is InChI=1S/C26H21ClO4/c1-15-13-21-22(14-16(15)2)31-25(19-9-11-20(27)12-10-19)26(24(21)29)30-17(3)23(28)18-7-5-4-6-8-18/h4-14,17H,1-3H3/t17-/m0/s1. The molecule has 0 spiro atoms. The van der Waals surface area contributed by atoms with E-state index in [1.54, 1.807) is 61.5 Å². The van der Waals surface area contributed by atoms with E-state index in [-0.39, 0.29) is 22.7 Å². The molecule has 0 fully saturated rings. The molecule has 4 rings (SSSR count). The van der Waals surface area contributed by atoms with Crippen molar-refractivity contribution in [2.75, 3.05) is 0 Å². The zero-order valence-corrected chi connectivity index (χ0v) is 18.2. The van der Waals surface area contributed by atoms with Crippen LogP contribution in [0.3, 0.4) is 0 Å². The van der Waals surface area contributed by atoms with Gasteiger partial charge in [-0.1, -0.05) is 41.9 Å². The van der Waals surface area contributed by atoms with Crippen LogP contribution in [0, 0.1) is 13.8 Å². The first-order valence-electron chi connectivity index (χ1n) is 9.95. The van der Waals surface area contributed by atoms with Gasteiger partial charge in [-0.3, -0.25) is 9.59 Å². The molecule has 1 aromatic heterocycles. The van der Waals surface area contributed by atoms with Crippen LogP contribution in [0.5, 0.6) is 5.75 Å². The number of ketones is 1. The molecule has 0 saturated heterocycles. The lowest BCUT2D eigenvalue weighted by molar-refractivity contribution is 0.0815. The van der Waals surface area contributed by atoms with Crippen molar-refractivity contribution in [3.05, 3.63) is 98.7 Å². The van der Waals surface area contributed by atoms with Crippen molar-refractivity contribution in [2.24, 2.45) is 0 Å². The quantitative estimate of drug-likeness (QED) is 0.343. The predicted octanol–water partition coefficient (Wildman–Crippen LogP) is 6.38. The summed E-state index contributed by atoms with van der Waals surface area (Å²) in [5, 5.41) is 0.976. The van der Waals surface area contributed by atoms with Crippen LogP contribution in [0.4, 0.5) is 0 Å². The number of carbonyl (C=O) groups is 1. The van der Waals surface area contributed by atoms with Gasteiger partial charge in [0.05, 0.1) is 5.39 Å². The molecule has 0 aliphatic rings. The minimum Gasteiger partial charge on any atom is -0.475 e. The fraction of sp³-hybridized carbons (Fsp3) is 0.154. The Labute approximate surface area is 185 Å². The normalized spacial score (nSPS) is 12.0. The third-order valence-corrected chi connectivity index (χ3v) is 5.55. The molecule has 4 aromatic rings. The zero-order valence-electron chi connectivity index (χ0n) is 17.4. The van der Waals surface area contributed by atoms with Gasteiger partial charge in [0.2, 0.25) is 17.0 Å². The molecule has 156 valence electrons. The van der Waals surface area contributed by atoms with Gasteiger partial charge in [-0.15, -0.1) is 0 Å². The van der Waals surface area contributed by atoms with Crippen LogP contribution in [0.15, 0.2) is 75.9 Å². The Kier molecular flexibility index (Phi) is 5.66. The monoisotopic (exact) mass is 432 g/mol. The molecule has 1 heterocycles. The third-order valence-electron chi connectivity index (χ3n) is 5.29. The summed E-state index contributed by atoms with van der Waals surface area (Å²) in [5.74, 6) is 0.0576. The van der Waals surface area contributed by atoms with E-state index in [0.717, 1.165) is 11.1 Å². The van der Waals surface area contributed by atoms with Gasteiger partial charge < -0.3 is 9.15 Å². The van der Waals surface area contributed by atoms with E-state index >= 15 is 0 Å². The van der Waals surface area contributed by atoms with Crippen LogP contribution in [0.1, 0.15) is 28.4 Å². The van der Waals surface area contributed by atoms with Crippen molar-refractivity contribution in [1.82, 2.24) is 0 Å². The molecule has 0 bridgehead atoms. The molecule has 0 aliphatic carbocycles. The van der Waals surface area contributed by atoms with E-state index in [1.165, 1.54) is 0 Å². The molecule has 0 N–H and O–H groups in total. The molecule has 0 amide bonds. The SMILES string of the molecule is Cc1cc2oc(-c3ccc(Cl)cc3)c(O[C@@H](C)C(=O)c3ccccc3)c(=O)c2cc1C. The van der Waals surface area contributed by atoms with Gasteiger partial charge >= 0.3 is 0 Å². The minimum absolute atomic E-state index is 0.00913. The van der Waals surface area contributed by atoms with Gasteiger partial charge in [0.25, 0.3) is 0 Å². The Morgan fingerprint density at radius 2 is 1.61 bits per heavy atom. The Bertz CT molecular complexity index is 1320. The van der Waals surface area contributed by atoms with E-state index in [0.29, 0.717) is 27.1 Å². The summed E-state index contributed by atoms with van der Waals surface area (Å²) in [6.45, 7) is 5.52. The number of Topliss-reactive ketones (excluding diaryl/α,β-unsaturated/α-hetero) is 1. The van der Waals surface area contributed by atoms with Crippen LogP contribution in [0.2, 0.25) is 5.02 Å². The number of carbonyl (C=O) groups excluding carboxylic acids is 1. The molecule has 0 unspecified atom stereocenters. The van der Waals surface area contributed by atoms with Crippen LogP contribution in [-0.2, 0) is 0 Å². The second-order valence-electron chi connectivity index (χ2n) is 7.52. The average molecular weight is 433 g/mol. The zero-order chi connectivity index (χ0) is 22.1. The number of ether oxygens (including phenoxy) is 1. The van der Waals surface area contributed by atoms with E-state index in [9.17, 15) is 9.59 Å². The second kappa shape index (κ2) is 8.40. The van der Waals surface area contributed by atoms with Crippen molar-refractivity contribution in [3.63, 3.8) is 0 Å². The minimum atomic E-state index is -0.875. The van der Waals surface area contributed by atoms with Gasteiger partial charge in [0.1, 0.15) is 5.58 Å². The number of aryl methyl sites for hydroxylation is 2. The van der Waals surface area contributed by atoms with E-state index in [1.807, 2.05) is 26.0 Å². The molecule has 0 radical (unpaired) electrons. The molecule has 3 aromatic carbocycles. The highest BCUT2D eigenvalue weighted by molar-refractivity contribution is 6.30. The van der Waals surface area contributed by atoms with Gasteiger partial charge in [-0.2, -0.15) is 0 Å². The van der Waals surface area contributed by atoms with Crippen molar-refractivity contribution in [2.45, 2.75) is 26.9 Å². The lowest BCUT2D eigenvalue weighted by Gasteiger charge is -2.17. The number of benzene rings is 3. The van der Waals surface area contributed by atoms with Crippen molar-refractivity contribution >= 4 is 28.4 Å². The summed E-state index contributed by atoms with van der Waals surface area (Å²) >= 11 is 6.03. The summed E-state index contributed by atoms with van der Waals surface area (Å²) in [7, 11) is 0. The maximum absolute atomic E-state index is 13.4. The summed E-state index contributed by atoms with van der Waals surface area (Å²) < 4.78 is 12.1. The van der Waals surface area contributed by atoms with Crippen molar-refractivity contribution in [3.8, 4) is 17.1 Å². The molecule has 4 nitrogen and oxygen atoms in total. The Morgan fingerprint density at radius 3 is 2.29 bits per heavy atom. The van der Waals surface area contributed by atoms with Crippen molar-refractivity contribution in [1.29, 1.82) is 0 Å². The lowest BCUT2D eigenvalue weighted by atomic mass is 10.0. The fourth-order valence-corrected chi connectivity index (χ4v) is 3.53. The first kappa shape index (κ1) is 20.9. The summed E-state index contributed by atoms with van der Waals surface area (Å²) in [5.41, 5.74) is 3.28. The molecule has 5 heteroatoms. The number of hydrogen-bond donors (Lipinski definition) is 0. The fourth-order valence-electron chi connectivity index (χ4n) is 3.40. The summed E-state index contributed by atoms with van der Waals surface area (Å²) in [6, 6.07) is 19.4. The number of fused-ring (bicyclic) bond motifs is 1. The Morgan fingerprint density at radius 1 is 0.968 bits per heavy atom. The number of halogens is 1. The first-order chi connectivity index (χ1) is 14.8. The van der Waals surface area contributed by atoms with Gasteiger partial charge in [-0.05, 0) is 68.3 Å². The molecule has 1 atom stereocenters. The predicted molar refractivity (Wildman–Crippen MR) is 123 cm³/mol. The molecular weight excluding hydrogens is 412 g/mol. The van der Waals surface area contributed by atoms with E-state index < -0.39 is 6.10 Å². The highest BCUT2D eigenvalue weighted by Gasteiger charge is 2.24. The van der Waals surface area contributed by atoms with Crippen molar-refractivity contribution < 1.29 is 13.9 Å². The maximum Gasteiger partial charge on any atom is 0.235 e. The molecular formula is C26H21ClO4. The maximum atomic E-state index is 13.4. The average Bonchev–Trinajstić information content (AvgIpc) is 2.77. The van der Waals surface area contributed by atoms with Crippen LogP contribution >= 0.6 is 11.6 Å². The Hall–Kier alpha value is -3.37. The molecule has 31 heavy (non-hydrogen) atoms. The summed E-state index contributed by atoms with van der Waals surface area (Å²) in [4.78, 5) is 26.3. The topological polar surface area (TPSA) is 56.5 Å². The van der Waals surface area contributed by atoms with Crippen LogP contribution in [-0.4, -0.2) is 11.9 Å². The van der Waals surface area contributed by atoms with Gasteiger partial charge in [0.15, 0.2) is 11.9 Å². The largest absolute Gasteiger partial charge is 0.475 e. The molecule has 0 saturated carbocycles. The molecule has 0 aliphatic heterocycles. The van der Waals surface area contributed by atoms with Crippen LogP contribution in [0.25, 0.3) is 22.3 Å². The Balaban J connectivity index is 1.87. The smallest absolute Gasteiger partial charge is 0.235 e. The van der Waals surface area contributed by atoms with E-state index in [2.05, 4.69) is 0 Å². The third kappa shape index (κ3) is 4.12. The van der Waals surface area contributed by atoms with E-state index in [4.69, 9.17) is 20.8 Å². The summed E-state index contributed by atoms with van der Waals surface area (Å²) in [6.07, 6.45) is -0.875. The lowest BCUT2D eigenvalue weighted by Crippen LogP contribution is -2.26. The first-order valence-corrected chi connectivity index (χ1v) is 10.3. The highest BCUT2D eigenvalue weighted by atomic mass is 35.5. The van der Waals surface area contributed by atoms with Gasteiger partial charge in [-0.25, -0.2) is 0 Å². The van der Waals surface area contributed by atoms with Gasteiger partial charge in [0, 0.05) is 16.1 Å². The second-order valence-corrected chi connectivity index (χ2v) is 7.96. The van der Waals surface area contributed by atoms with Crippen LogP contribution < -0.4 is 10.2 Å². The highest BCUT2D eigenvalue weighted by Crippen LogP contribution is 2.33. The number of rotatable bonds is 5.